The molecule has 0 atom stereocenters. The molecule has 140 valence electrons. The Bertz CT molecular complexity index is 1030. The average molecular weight is 402 g/mol. The lowest BCUT2D eigenvalue weighted by Gasteiger charge is -2.09. The highest BCUT2D eigenvalue weighted by atomic mass is 32.2. The van der Waals surface area contributed by atoms with Crippen molar-refractivity contribution in [1.29, 1.82) is 0 Å². The Morgan fingerprint density at radius 1 is 1.07 bits per heavy atom. The van der Waals surface area contributed by atoms with Gasteiger partial charge in [-0.15, -0.1) is 11.8 Å². The number of sulfonamides is 1. The molecule has 3 rings (SSSR count). The molecule has 0 bridgehead atoms. The van der Waals surface area contributed by atoms with Crippen molar-refractivity contribution < 1.29 is 17.6 Å². The van der Waals surface area contributed by atoms with E-state index >= 15 is 0 Å². The van der Waals surface area contributed by atoms with Gasteiger partial charge in [0, 0.05) is 16.1 Å². The maximum atomic E-state index is 12.5. The topological polar surface area (TPSA) is 88.4 Å². The first-order valence-electron chi connectivity index (χ1n) is 8.05. The number of rotatable bonds is 7. The third-order valence-corrected chi connectivity index (χ3v) is 5.87. The van der Waals surface area contributed by atoms with Gasteiger partial charge in [0.25, 0.3) is 5.91 Å². The lowest BCUT2D eigenvalue weighted by Crippen LogP contribution is -2.23. The second kappa shape index (κ2) is 8.43. The lowest BCUT2D eigenvalue weighted by atomic mass is 10.2. The molecule has 1 heterocycles. The number of anilines is 1. The smallest absolute Gasteiger partial charge is 0.255 e. The van der Waals surface area contributed by atoms with Crippen LogP contribution >= 0.6 is 11.8 Å². The van der Waals surface area contributed by atoms with Gasteiger partial charge in [0.05, 0.1) is 17.7 Å². The molecule has 0 aliphatic carbocycles. The average Bonchev–Trinajstić information content (AvgIpc) is 3.20. The molecule has 27 heavy (non-hydrogen) atoms. The summed E-state index contributed by atoms with van der Waals surface area (Å²) in [5.41, 5.74) is 0.904. The third kappa shape index (κ3) is 5.00. The molecule has 1 amide bonds. The van der Waals surface area contributed by atoms with Crippen molar-refractivity contribution in [2.45, 2.75) is 16.3 Å². The van der Waals surface area contributed by atoms with Crippen LogP contribution in [0, 0.1) is 0 Å². The van der Waals surface area contributed by atoms with E-state index in [1.165, 1.54) is 24.5 Å². The van der Waals surface area contributed by atoms with Crippen LogP contribution in [-0.2, 0) is 16.6 Å². The van der Waals surface area contributed by atoms with Gasteiger partial charge in [-0.3, -0.25) is 4.79 Å². The second-order valence-electron chi connectivity index (χ2n) is 5.62. The fourth-order valence-corrected chi connectivity index (χ4v) is 3.87. The normalized spacial score (nSPS) is 11.3. The quantitative estimate of drug-likeness (QED) is 0.588. The number of carbonyl (C=O) groups excluding carboxylic acids is 1. The van der Waals surface area contributed by atoms with Gasteiger partial charge in [-0.2, -0.15) is 0 Å². The van der Waals surface area contributed by atoms with Crippen LogP contribution in [0.15, 0.2) is 81.1 Å². The van der Waals surface area contributed by atoms with E-state index < -0.39 is 10.0 Å². The fraction of sp³-hybridized carbons (Fsp3) is 0.105. The number of hydrogen-bond acceptors (Lipinski definition) is 5. The molecule has 0 saturated carbocycles. The van der Waals surface area contributed by atoms with Crippen LogP contribution in [0.3, 0.4) is 0 Å². The Morgan fingerprint density at radius 3 is 2.63 bits per heavy atom. The van der Waals surface area contributed by atoms with E-state index in [1.54, 1.807) is 36.0 Å². The molecule has 3 aromatic rings. The van der Waals surface area contributed by atoms with Crippen molar-refractivity contribution in [3.63, 3.8) is 0 Å². The van der Waals surface area contributed by atoms with Gasteiger partial charge in [0.15, 0.2) is 0 Å². The molecular weight excluding hydrogens is 384 g/mol. The monoisotopic (exact) mass is 402 g/mol. The van der Waals surface area contributed by atoms with E-state index in [-0.39, 0.29) is 22.9 Å². The molecule has 0 aliphatic heterocycles. The predicted molar refractivity (Wildman–Crippen MR) is 105 cm³/mol. The first-order chi connectivity index (χ1) is 13.0. The van der Waals surface area contributed by atoms with Crippen LogP contribution in [0.4, 0.5) is 5.69 Å². The van der Waals surface area contributed by atoms with Crippen LogP contribution in [0.2, 0.25) is 0 Å². The summed E-state index contributed by atoms with van der Waals surface area (Å²) in [4.78, 5) is 13.5. The van der Waals surface area contributed by atoms with Crippen molar-refractivity contribution in [2.24, 2.45) is 0 Å². The van der Waals surface area contributed by atoms with E-state index in [0.717, 1.165) is 4.90 Å². The Labute approximate surface area is 162 Å². The van der Waals surface area contributed by atoms with Gasteiger partial charge >= 0.3 is 0 Å². The molecule has 0 aliphatic rings. The number of amides is 1. The second-order valence-corrected chi connectivity index (χ2v) is 8.26. The molecule has 2 aromatic carbocycles. The number of carbonyl (C=O) groups is 1. The van der Waals surface area contributed by atoms with Crippen molar-refractivity contribution in [2.75, 3.05) is 11.6 Å². The van der Waals surface area contributed by atoms with E-state index in [1.807, 2.05) is 24.5 Å². The van der Waals surface area contributed by atoms with Crippen LogP contribution in [0.1, 0.15) is 16.1 Å². The Morgan fingerprint density at radius 2 is 1.89 bits per heavy atom. The van der Waals surface area contributed by atoms with E-state index in [2.05, 4.69) is 10.0 Å². The van der Waals surface area contributed by atoms with Crippen molar-refractivity contribution in [3.05, 3.63) is 78.3 Å². The first kappa shape index (κ1) is 19.2. The standard InChI is InChI=1S/C19H18N2O4S2/c1-26-17-8-3-6-15(12-17)21-19(22)14-5-2-9-18(11-14)27(23,24)20-13-16-7-4-10-25-16/h2-12,20H,13H2,1H3,(H,21,22). The highest BCUT2D eigenvalue weighted by Crippen LogP contribution is 2.20. The summed E-state index contributed by atoms with van der Waals surface area (Å²) in [5.74, 6) is 0.123. The van der Waals surface area contributed by atoms with Crippen LogP contribution < -0.4 is 10.0 Å². The Hall–Kier alpha value is -2.55. The zero-order valence-corrected chi connectivity index (χ0v) is 16.1. The summed E-state index contributed by atoms with van der Waals surface area (Å²) >= 11 is 1.57. The largest absolute Gasteiger partial charge is 0.468 e. The summed E-state index contributed by atoms with van der Waals surface area (Å²) in [6, 6.07) is 16.7. The fourth-order valence-electron chi connectivity index (χ4n) is 2.37. The van der Waals surface area contributed by atoms with Crippen molar-refractivity contribution in [3.8, 4) is 0 Å². The zero-order valence-electron chi connectivity index (χ0n) is 14.5. The van der Waals surface area contributed by atoms with Crippen LogP contribution in [-0.4, -0.2) is 20.6 Å². The van der Waals surface area contributed by atoms with Gasteiger partial charge in [-0.1, -0.05) is 12.1 Å². The minimum Gasteiger partial charge on any atom is -0.468 e. The summed E-state index contributed by atoms with van der Waals surface area (Å²) in [5, 5.41) is 2.78. The number of benzene rings is 2. The third-order valence-electron chi connectivity index (χ3n) is 3.75. The molecule has 0 spiro atoms. The summed E-state index contributed by atoms with van der Waals surface area (Å²) in [6.07, 6.45) is 3.42. The number of nitrogens with one attached hydrogen (secondary N) is 2. The predicted octanol–water partition coefficient (Wildman–Crippen LogP) is 3.73. The van der Waals surface area contributed by atoms with Gasteiger partial charge < -0.3 is 9.73 Å². The number of furan rings is 1. The van der Waals surface area contributed by atoms with Crippen LogP contribution in [0.5, 0.6) is 0 Å². The molecular formula is C19H18N2O4S2. The highest BCUT2D eigenvalue weighted by molar-refractivity contribution is 7.98. The molecule has 6 nitrogen and oxygen atoms in total. The van der Waals surface area contributed by atoms with Gasteiger partial charge in [0.2, 0.25) is 10.0 Å². The van der Waals surface area contributed by atoms with Gasteiger partial charge in [-0.25, -0.2) is 13.1 Å². The maximum Gasteiger partial charge on any atom is 0.255 e. The number of thioether (sulfide) groups is 1. The molecule has 0 fully saturated rings. The minimum atomic E-state index is -3.77. The Balaban J connectivity index is 1.74. The summed E-state index contributed by atoms with van der Waals surface area (Å²) in [6.45, 7) is 0.0350. The SMILES string of the molecule is CSc1cccc(NC(=O)c2cccc(S(=O)(=O)NCc3ccco3)c2)c1. The van der Waals surface area contributed by atoms with Crippen LogP contribution in [0.25, 0.3) is 0 Å². The van der Waals surface area contributed by atoms with Crippen molar-refractivity contribution in [1.82, 2.24) is 4.72 Å². The molecule has 0 radical (unpaired) electrons. The zero-order chi connectivity index (χ0) is 19.3. The summed E-state index contributed by atoms with van der Waals surface area (Å²) < 4.78 is 32.5. The summed E-state index contributed by atoms with van der Waals surface area (Å²) in [7, 11) is -3.77. The molecule has 0 unspecified atom stereocenters. The van der Waals surface area contributed by atoms with E-state index in [9.17, 15) is 13.2 Å². The van der Waals surface area contributed by atoms with E-state index in [0.29, 0.717) is 11.4 Å². The first-order valence-corrected chi connectivity index (χ1v) is 10.8. The highest BCUT2D eigenvalue weighted by Gasteiger charge is 2.17. The van der Waals surface area contributed by atoms with Gasteiger partial charge in [-0.05, 0) is 54.8 Å². The lowest BCUT2D eigenvalue weighted by molar-refractivity contribution is 0.102. The minimum absolute atomic E-state index is 0.0135. The molecule has 0 saturated heterocycles. The molecule has 8 heteroatoms. The van der Waals surface area contributed by atoms with E-state index in [4.69, 9.17) is 4.42 Å². The number of hydrogen-bond donors (Lipinski definition) is 2. The molecule has 2 N–H and O–H groups in total. The van der Waals surface area contributed by atoms with Gasteiger partial charge in [0.1, 0.15) is 5.76 Å². The Kier molecular flexibility index (Phi) is 6.00. The van der Waals surface area contributed by atoms with Crippen molar-refractivity contribution >= 4 is 33.4 Å². The molecule has 1 aromatic heterocycles. The maximum absolute atomic E-state index is 12.5.